The number of rotatable bonds is 7. The van der Waals surface area contributed by atoms with Crippen molar-refractivity contribution in [3.8, 4) is 0 Å². The summed E-state index contributed by atoms with van der Waals surface area (Å²) in [6.07, 6.45) is 3.81. The van der Waals surface area contributed by atoms with E-state index in [1.54, 1.807) is 7.11 Å². The summed E-state index contributed by atoms with van der Waals surface area (Å²) in [5.41, 5.74) is 1.78. The van der Waals surface area contributed by atoms with Gasteiger partial charge in [-0.25, -0.2) is 0 Å². The summed E-state index contributed by atoms with van der Waals surface area (Å²) < 4.78 is 4.95. The Kier molecular flexibility index (Phi) is 6.81. The fraction of sp³-hybridized carbons (Fsp3) is 0.400. The smallest absolute Gasteiger partial charge is 0.246 e. The Morgan fingerprint density at radius 3 is 2.67 bits per heavy atom. The Morgan fingerprint density at radius 2 is 2.00 bits per heavy atom. The number of amides is 1. The molecule has 18 heavy (non-hydrogen) atoms. The second kappa shape index (κ2) is 8.48. The molecule has 0 aliphatic rings. The number of ether oxygens (including phenoxy) is 1. The SMILES string of the molecule is COCCCCNC(=O)/C(C)=C/c1ccccc1. The lowest BCUT2D eigenvalue weighted by Crippen LogP contribution is -2.25. The van der Waals surface area contributed by atoms with E-state index in [0.717, 1.165) is 30.6 Å². The molecule has 0 fully saturated rings. The fourth-order valence-corrected chi connectivity index (χ4v) is 1.58. The highest BCUT2D eigenvalue weighted by atomic mass is 16.5. The van der Waals surface area contributed by atoms with Gasteiger partial charge in [-0.3, -0.25) is 4.79 Å². The van der Waals surface area contributed by atoms with Crippen LogP contribution in [0, 0.1) is 0 Å². The van der Waals surface area contributed by atoms with Crippen LogP contribution >= 0.6 is 0 Å². The van der Waals surface area contributed by atoms with E-state index in [-0.39, 0.29) is 5.91 Å². The third-order valence-corrected chi connectivity index (χ3v) is 2.60. The lowest BCUT2D eigenvalue weighted by Gasteiger charge is -2.05. The molecule has 0 unspecified atom stereocenters. The van der Waals surface area contributed by atoms with Crippen molar-refractivity contribution in [2.75, 3.05) is 20.3 Å². The van der Waals surface area contributed by atoms with E-state index in [0.29, 0.717) is 6.54 Å². The van der Waals surface area contributed by atoms with Crippen LogP contribution in [-0.2, 0) is 9.53 Å². The van der Waals surface area contributed by atoms with E-state index >= 15 is 0 Å². The van der Waals surface area contributed by atoms with Crippen molar-refractivity contribution in [3.63, 3.8) is 0 Å². The number of hydrogen-bond acceptors (Lipinski definition) is 2. The molecule has 1 amide bonds. The number of carbonyl (C=O) groups is 1. The van der Waals surface area contributed by atoms with Crippen molar-refractivity contribution in [2.45, 2.75) is 19.8 Å². The number of nitrogens with one attached hydrogen (secondary N) is 1. The van der Waals surface area contributed by atoms with Crippen LogP contribution in [0.25, 0.3) is 6.08 Å². The van der Waals surface area contributed by atoms with Crippen LogP contribution in [0.4, 0.5) is 0 Å². The summed E-state index contributed by atoms with van der Waals surface area (Å²) in [5, 5.41) is 2.90. The van der Waals surface area contributed by atoms with Gasteiger partial charge < -0.3 is 10.1 Å². The third kappa shape index (κ3) is 5.64. The molecule has 0 radical (unpaired) electrons. The minimum absolute atomic E-state index is 0.00345. The molecular formula is C15H21NO2. The second-order valence-electron chi connectivity index (χ2n) is 4.19. The minimum atomic E-state index is -0.00345. The molecule has 1 rings (SSSR count). The predicted molar refractivity (Wildman–Crippen MR) is 74.2 cm³/mol. The minimum Gasteiger partial charge on any atom is -0.385 e. The zero-order valence-electron chi connectivity index (χ0n) is 11.1. The number of hydrogen-bond donors (Lipinski definition) is 1. The molecule has 0 spiro atoms. The molecular weight excluding hydrogens is 226 g/mol. The zero-order valence-corrected chi connectivity index (χ0v) is 11.1. The molecule has 0 bridgehead atoms. The number of carbonyl (C=O) groups excluding carboxylic acids is 1. The first-order valence-electron chi connectivity index (χ1n) is 6.24. The first-order valence-corrected chi connectivity index (χ1v) is 6.24. The maximum atomic E-state index is 11.8. The highest BCUT2D eigenvalue weighted by molar-refractivity contribution is 5.97. The normalized spacial score (nSPS) is 11.3. The monoisotopic (exact) mass is 247 g/mol. The summed E-state index contributed by atoms with van der Waals surface area (Å²) in [6.45, 7) is 3.27. The van der Waals surface area contributed by atoms with Gasteiger partial charge in [0.1, 0.15) is 0 Å². The summed E-state index contributed by atoms with van der Waals surface area (Å²) in [4.78, 5) is 11.8. The standard InChI is InChI=1S/C15H21NO2/c1-13(12-14-8-4-3-5-9-14)15(17)16-10-6-7-11-18-2/h3-5,8-9,12H,6-7,10-11H2,1-2H3,(H,16,17)/b13-12+. The predicted octanol–water partition coefficient (Wildman–Crippen LogP) is 2.63. The van der Waals surface area contributed by atoms with Gasteiger partial charge in [-0.05, 0) is 31.4 Å². The first kappa shape index (κ1) is 14.5. The molecule has 0 aliphatic heterocycles. The average molecular weight is 247 g/mol. The van der Waals surface area contributed by atoms with E-state index in [1.807, 2.05) is 43.3 Å². The van der Waals surface area contributed by atoms with Crippen molar-refractivity contribution in [2.24, 2.45) is 0 Å². The topological polar surface area (TPSA) is 38.3 Å². The van der Waals surface area contributed by atoms with Gasteiger partial charge in [-0.15, -0.1) is 0 Å². The molecule has 0 aliphatic carbocycles. The first-order chi connectivity index (χ1) is 8.74. The van der Waals surface area contributed by atoms with Gasteiger partial charge in [0.2, 0.25) is 5.91 Å². The third-order valence-electron chi connectivity index (χ3n) is 2.60. The van der Waals surface area contributed by atoms with Crippen LogP contribution < -0.4 is 5.32 Å². The van der Waals surface area contributed by atoms with Crippen LogP contribution in [0.1, 0.15) is 25.3 Å². The quantitative estimate of drug-likeness (QED) is 0.594. The molecule has 0 heterocycles. The molecule has 3 nitrogen and oxygen atoms in total. The van der Waals surface area contributed by atoms with E-state index < -0.39 is 0 Å². The fourth-order valence-electron chi connectivity index (χ4n) is 1.58. The summed E-state index contributed by atoms with van der Waals surface area (Å²) in [6, 6.07) is 9.84. The molecule has 3 heteroatoms. The summed E-state index contributed by atoms with van der Waals surface area (Å²) in [7, 11) is 1.69. The van der Waals surface area contributed by atoms with Crippen LogP contribution in [0.5, 0.6) is 0 Å². The molecule has 1 aromatic rings. The van der Waals surface area contributed by atoms with Crippen molar-refractivity contribution < 1.29 is 9.53 Å². The van der Waals surface area contributed by atoms with E-state index in [9.17, 15) is 4.79 Å². The highest BCUT2D eigenvalue weighted by Gasteiger charge is 2.02. The van der Waals surface area contributed by atoms with E-state index in [2.05, 4.69) is 5.32 Å². The zero-order chi connectivity index (χ0) is 13.2. The summed E-state index contributed by atoms with van der Waals surface area (Å²) in [5.74, 6) is -0.00345. The van der Waals surface area contributed by atoms with Crippen molar-refractivity contribution in [3.05, 3.63) is 41.5 Å². The number of methoxy groups -OCH3 is 1. The highest BCUT2D eigenvalue weighted by Crippen LogP contribution is 2.05. The van der Waals surface area contributed by atoms with Gasteiger partial charge in [0, 0.05) is 25.8 Å². The van der Waals surface area contributed by atoms with Crippen LogP contribution in [0.15, 0.2) is 35.9 Å². The molecule has 0 atom stereocenters. The Labute approximate surface area is 109 Å². The second-order valence-corrected chi connectivity index (χ2v) is 4.19. The Bertz CT molecular complexity index is 385. The molecule has 1 aromatic carbocycles. The van der Waals surface area contributed by atoms with Gasteiger partial charge in [0.25, 0.3) is 0 Å². The van der Waals surface area contributed by atoms with Crippen molar-refractivity contribution in [1.29, 1.82) is 0 Å². The Balaban J connectivity index is 2.35. The van der Waals surface area contributed by atoms with Gasteiger partial charge in [-0.1, -0.05) is 30.3 Å². The molecule has 0 aromatic heterocycles. The summed E-state index contributed by atoms with van der Waals surface area (Å²) >= 11 is 0. The largest absolute Gasteiger partial charge is 0.385 e. The van der Waals surface area contributed by atoms with E-state index in [1.165, 1.54) is 0 Å². The maximum Gasteiger partial charge on any atom is 0.246 e. The van der Waals surface area contributed by atoms with Crippen LogP contribution in [0.3, 0.4) is 0 Å². The van der Waals surface area contributed by atoms with Gasteiger partial charge in [0.05, 0.1) is 0 Å². The van der Waals surface area contributed by atoms with Gasteiger partial charge in [0.15, 0.2) is 0 Å². The lowest BCUT2D eigenvalue weighted by atomic mass is 10.1. The lowest BCUT2D eigenvalue weighted by molar-refractivity contribution is -0.117. The average Bonchev–Trinajstić information content (AvgIpc) is 2.39. The van der Waals surface area contributed by atoms with E-state index in [4.69, 9.17) is 4.74 Å². The van der Waals surface area contributed by atoms with Crippen molar-refractivity contribution >= 4 is 12.0 Å². The van der Waals surface area contributed by atoms with Gasteiger partial charge >= 0.3 is 0 Å². The number of unbranched alkanes of at least 4 members (excludes halogenated alkanes) is 1. The molecule has 1 N–H and O–H groups in total. The van der Waals surface area contributed by atoms with Crippen LogP contribution in [0.2, 0.25) is 0 Å². The Hall–Kier alpha value is -1.61. The van der Waals surface area contributed by atoms with Gasteiger partial charge in [-0.2, -0.15) is 0 Å². The maximum absolute atomic E-state index is 11.8. The molecule has 0 saturated heterocycles. The Morgan fingerprint density at radius 1 is 1.28 bits per heavy atom. The number of benzene rings is 1. The molecule has 0 saturated carbocycles. The molecule has 98 valence electrons. The van der Waals surface area contributed by atoms with Crippen LogP contribution in [-0.4, -0.2) is 26.2 Å². The van der Waals surface area contributed by atoms with Crippen molar-refractivity contribution in [1.82, 2.24) is 5.32 Å².